The molecular weight excluding hydrogens is 539 g/mol. The lowest BCUT2D eigenvalue weighted by molar-refractivity contribution is 0.397. The van der Waals surface area contributed by atoms with Crippen molar-refractivity contribution in [3.05, 3.63) is 89.8 Å². The van der Waals surface area contributed by atoms with Crippen LogP contribution >= 0.6 is 12.8 Å². The fourth-order valence-electron chi connectivity index (χ4n) is 3.74. The lowest BCUT2D eigenvalue weighted by Gasteiger charge is -2.26. The third kappa shape index (κ3) is 7.47. The van der Waals surface area contributed by atoms with Gasteiger partial charge in [-0.25, -0.2) is 27.6 Å². The monoisotopic (exact) mass is 573 g/mol. The lowest BCUT2D eigenvalue weighted by Crippen LogP contribution is -2.22. The summed E-state index contributed by atoms with van der Waals surface area (Å²) in [6.45, 7) is 11.3. The summed E-state index contributed by atoms with van der Waals surface area (Å²) >= 11 is 4.24. The number of ether oxygens (including phenoxy) is 1. The Morgan fingerprint density at radius 1 is 1.30 bits per heavy atom. The topological polar surface area (TPSA) is 103 Å². The molecule has 0 radical (unpaired) electrons. The van der Waals surface area contributed by atoms with Crippen LogP contribution in [0, 0.1) is 22.9 Å². The molecule has 2 aromatic rings. The van der Waals surface area contributed by atoms with Crippen molar-refractivity contribution in [3.8, 4) is 5.88 Å². The highest BCUT2D eigenvalue weighted by Gasteiger charge is 2.23. The minimum absolute atomic E-state index is 0.00473. The molecule has 1 aliphatic heterocycles. The van der Waals surface area contributed by atoms with Gasteiger partial charge < -0.3 is 15.4 Å². The Bertz CT molecular complexity index is 1370. The molecule has 1 aliphatic rings. The van der Waals surface area contributed by atoms with Crippen LogP contribution in [0.25, 0.3) is 5.57 Å². The summed E-state index contributed by atoms with van der Waals surface area (Å²) in [7, 11) is 1.34. The number of nitrogens with two attached hydrogens (primary N) is 1. The van der Waals surface area contributed by atoms with E-state index in [0.29, 0.717) is 17.7 Å². The second kappa shape index (κ2) is 14.8. The van der Waals surface area contributed by atoms with E-state index in [2.05, 4.69) is 34.8 Å². The van der Waals surface area contributed by atoms with Gasteiger partial charge in [0.15, 0.2) is 11.7 Å². The zero-order chi connectivity index (χ0) is 30.0. The molecule has 214 valence electrons. The summed E-state index contributed by atoms with van der Waals surface area (Å²) in [5.74, 6) is -2.10. The molecule has 0 amide bonds. The van der Waals surface area contributed by atoms with E-state index in [9.17, 15) is 8.78 Å². The van der Waals surface area contributed by atoms with Crippen molar-refractivity contribution < 1.29 is 17.9 Å². The van der Waals surface area contributed by atoms with Crippen LogP contribution in [0.5, 0.6) is 5.88 Å². The second-order valence-electron chi connectivity index (χ2n) is 8.11. The summed E-state index contributed by atoms with van der Waals surface area (Å²) in [6, 6.07) is 3.38. The summed E-state index contributed by atoms with van der Waals surface area (Å²) in [5, 5.41) is 8.35. The largest absolute Gasteiger partial charge is 0.479 e. The molecule has 0 spiro atoms. The number of aliphatic imine (C=N–C) groups is 1. The third-order valence-electron chi connectivity index (χ3n) is 5.38. The number of allylic oxidation sites excluding steroid dienone is 3. The molecule has 3 rings (SSSR count). The summed E-state index contributed by atoms with van der Waals surface area (Å²) < 4.78 is 50.5. The number of pyridine rings is 1. The van der Waals surface area contributed by atoms with Crippen LogP contribution in [0.1, 0.15) is 46.1 Å². The van der Waals surface area contributed by atoms with Gasteiger partial charge in [-0.2, -0.15) is 0 Å². The van der Waals surface area contributed by atoms with Crippen molar-refractivity contribution in [3.63, 3.8) is 0 Å². The van der Waals surface area contributed by atoms with Crippen molar-refractivity contribution in [2.75, 3.05) is 16.9 Å². The zero-order valence-corrected chi connectivity index (χ0v) is 24.0. The van der Waals surface area contributed by atoms with Gasteiger partial charge in [0.05, 0.1) is 36.1 Å². The van der Waals surface area contributed by atoms with Crippen LogP contribution in [0.4, 0.5) is 24.5 Å². The van der Waals surface area contributed by atoms with Gasteiger partial charge in [-0.15, -0.1) is 0 Å². The number of hydrogen-bond acceptors (Lipinski definition) is 7. The first kappa shape index (κ1) is 32.0. The Hall–Kier alpha value is -4.19. The maximum Gasteiger partial charge on any atom is 0.240 e. The highest BCUT2D eigenvalue weighted by Crippen LogP contribution is 2.35. The molecule has 40 heavy (non-hydrogen) atoms. The molecule has 12 heteroatoms. The first-order valence-corrected chi connectivity index (χ1v) is 12.9. The zero-order valence-electron chi connectivity index (χ0n) is 23.1. The highest BCUT2D eigenvalue weighted by atomic mass is 32.1. The summed E-state index contributed by atoms with van der Waals surface area (Å²) in [6.07, 6.45) is 8.39. The predicted octanol–water partition coefficient (Wildman–Crippen LogP) is 6.98. The van der Waals surface area contributed by atoms with E-state index in [1.807, 2.05) is 20.8 Å². The number of nitrogens with zero attached hydrogens (tertiary/aromatic N) is 4. The van der Waals surface area contributed by atoms with E-state index in [0.717, 1.165) is 29.2 Å². The Balaban J connectivity index is 0.00000274. The number of thiol groups is 1. The first-order valence-electron chi connectivity index (χ1n) is 12.5. The molecule has 0 aliphatic carbocycles. The Morgan fingerprint density at radius 3 is 2.60 bits per heavy atom. The van der Waals surface area contributed by atoms with Crippen molar-refractivity contribution in [1.82, 2.24) is 9.88 Å². The van der Waals surface area contributed by atoms with E-state index in [1.54, 1.807) is 24.0 Å². The smallest absolute Gasteiger partial charge is 0.240 e. The molecule has 2 heterocycles. The van der Waals surface area contributed by atoms with Crippen LogP contribution < -0.4 is 20.3 Å². The Kier molecular flexibility index (Phi) is 11.9. The van der Waals surface area contributed by atoms with Gasteiger partial charge in [-0.05, 0) is 44.4 Å². The average Bonchev–Trinajstić information content (AvgIpc) is 2.94. The maximum absolute atomic E-state index is 15.7. The van der Waals surface area contributed by atoms with Crippen molar-refractivity contribution in [2.45, 2.75) is 40.5 Å². The average molecular weight is 574 g/mol. The van der Waals surface area contributed by atoms with Gasteiger partial charge in [0.25, 0.3) is 0 Å². The predicted molar refractivity (Wildman–Crippen MR) is 160 cm³/mol. The van der Waals surface area contributed by atoms with Gasteiger partial charge in [-0.1, -0.05) is 39.8 Å². The third-order valence-corrected chi connectivity index (χ3v) is 5.70. The minimum Gasteiger partial charge on any atom is -0.479 e. The Labute approximate surface area is 238 Å². The number of hydrazine groups is 1. The van der Waals surface area contributed by atoms with Gasteiger partial charge in [-0.3, -0.25) is 10.8 Å². The number of halogens is 3. The standard InChI is InChI=1S/C26H28F3N7OS.C2H6/c1-5-7-18(25(31)33-15(3)30)21-11-8-16(14-35(21)6-2)23-19(28)9-10-20(24(23)29)34-36(38)22-12-17(27)13-32-26(22)37-4;1-2/h6,8-14,34,38H,2,5,7H2,1,3-4H3,(H3,30,31,33);1-2H3/b21-18+;. The molecule has 0 bridgehead atoms. The van der Waals surface area contributed by atoms with Gasteiger partial charge in [0.2, 0.25) is 5.88 Å². The number of amidine groups is 2. The fraction of sp³-hybridized carbons (Fsp3) is 0.250. The van der Waals surface area contributed by atoms with Crippen LogP contribution in [0.2, 0.25) is 0 Å². The normalized spacial score (nSPS) is 14.1. The van der Waals surface area contributed by atoms with Gasteiger partial charge in [0, 0.05) is 29.6 Å². The fourth-order valence-corrected chi connectivity index (χ4v) is 3.99. The summed E-state index contributed by atoms with van der Waals surface area (Å²) in [5.41, 5.74) is 9.34. The second-order valence-corrected chi connectivity index (χ2v) is 8.51. The lowest BCUT2D eigenvalue weighted by atomic mass is 9.98. The van der Waals surface area contributed by atoms with E-state index in [-0.39, 0.29) is 40.1 Å². The molecule has 0 saturated carbocycles. The quantitative estimate of drug-likeness (QED) is 0.112. The van der Waals surface area contributed by atoms with E-state index >= 15 is 4.39 Å². The number of hydrogen-bond donors (Lipinski definition) is 4. The molecule has 0 saturated heterocycles. The van der Waals surface area contributed by atoms with Gasteiger partial charge in [0.1, 0.15) is 17.3 Å². The van der Waals surface area contributed by atoms with Crippen molar-refractivity contribution in [1.29, 1.82) is 5.41 Å². The molecular formula is C28H34F3N7OS. The first-order chi connectivity index (χ1) is 19.1. The number of methoxy groups -OCH3 is 1. The number of anilines is 2. The minimum atomic E-state index is -0.912. The van der Waals surface area contributed by atoms with Crippen molar-refractivity contribution >= 4 is 41.4 Å². The van der Waals surface area contributed by atoms with Crippen LogP contribution in [-0.4, -0.2) is 28.7 Å². The number of rotatable bonds is 9. The highest BCUT2D eigenvalue weighted by molar-refractivity contribution is 7.81. The Morgan fingerprint density at radius 2 is 2.00 bits per heavy atom. The van der Waals surface area contributed by atoms with Gasteiger partial charge >= 0.3 is 0 Å². The van der Waals surface area contributed by atoms with E-state index in [4.69, 9.17) is 15.9 Å². The summed E-state index contributed by atoms with van der Waals surface area (Å²) in [4.78, 5) is 9.45. The van der Waals surface area contributed by atoms with Crippen molar-refractivity contribution in [2.24, 2.45) is 10.7 Å². The number of benzene rings is 1. The number of nitrogens with one attached hydrogen (secondary N) is 2. The van der Waals surface area contributed by atoms with Crippen LogP contribution in [-0.2, 0) is 0 Å². The molecule has 4 N–H and O–H groups in total. The van der Waals surface area contributed by atoms with Crippen LogP contribution in [0.3, 0.4) is 0 Å². The van der Waals surface area contributed by atoms with E-state index < -0.39 is 17.5 Å². The molecule has 8 nitrogen and oxygen atoms in total. The van der Waals surface area contributed by atoms with Crippen LogP contribution in [0.15, 0.2) is 71.8 Å². The molecule has 0 unspecified atom stereocenters. The molecule has 0 atom stereocenters. The van der Waals surface area contributed by atoms with E-state index in [1.165, 1.54) is 25.6 Å². The molecule has 0 fully saturated rings. The molecule has 1 aromatic carbocycles. The molecule has 1 aromatic heterocycles. The number of aromatic nitrogens is 1. The SMILES string of the molecule is C=CN1C=C(c2c(F)ccc(NN(S)c3cc(F)cnc3OC)c2F)C=C/C1=C(/CCC)C(=N)N=C(C)N.CC. The maximum atomic E-state index is 15.7.